The van der Waals surface area contributed by atoms with Gasteiger partial charge in [0.25, 0.3) is 0 Å². The summed E-state index contributed by atoms with van der Waals surface area (Å²) in [5.41, 5.74) is 0. The van der Waals surface area contributed by atoms with Crippen LogP contribution in [0.2, 0.25) is 0 Å². The molecule has 0 bridgehead atoms. The number of Topliss-reactive ketones (excluding diaryl/α,β-unsaturated/α-hetero) is 1. The minimum Gasteiger partial charge on any atom is -0.355 e. The van der Waals surface area contributed by atoms with Crippen molar-refractivity contribution in [2.45, 2.75) is 51.9 Å². The Morgan fingerprint density at radius 3 is 2.81 bits per heavy atom. The van der Waals surface area contributed by atoms with Crippen LogP contribution in [-0.2, 0) is 9.59 Å². The SMILES string of the molecule is CCCCCC(=O)C1CCCCNC1=O.N. The van der Waals surface area contributed by atoms with Gasteiger partial charge in [-0.25, -0.2) is 0 Å². The van der Waals surface area contributed by atoms with Crippen LogP contribution in [0.4, 0.5) is 0 Å². The van der Waals surface area contributed by atoms with E-state index < -0.39 is 0 Å². The van der Waals surface area contributed by atoms with Gasteiger partial charge in [-0.2, -0.15) is 0 Å². The molecular weight excluding hydrogens is 204 g/mol. The van der Waals surface area contributed by atoms with E-state index in [0.717, 1.165) is 45.1 Å². The van der Waals surface area contributed by atoms with E-state index >= 15 is 0 Å². The number of ketones is 1. The highest BCUT2D eigenvalue weighted by Gasteiger charge is 2.26. The first-order chi connectivity index (χ1) is 7.25. The predicted octanol–water partition coefficient (Wildman–Crippen LogP) is 2.21. The quantitative estimate of drug-likeness (QED) is 0.559. The van der Waals surface area contributed by atoms with Crippen LogP contribution in [0.25, 0.3) is 0 Å². The van der Waals surface area contributed by atoms with Crippen molar-refractivity contribution in [2.24, 2.45) is 5.92 Å². The first kappa shape index (κ1) is 15.1. The van der Waals surface area contributed by atoms with E-state index in [4.69, 9.17) is 0 Å². The molecule has 4 nitrogen and oxygen atoms in total. The molecule has 1 rings (SSSR count). The second kappa shape index (κ2) is 8.28. The minimum atomic E-state index is -0.357. The molecule has 1 fully saturated rings. The fourth-order valence-electron chi connectivity index (χ4n) is 1.97. The molecule has 94 valence electrons. The number of nitrogens with one attached hydrogen (secondary N) is 1. The maximum Gasteiger partial charge on any atom is 0.230 e. The third kappa shape index (κ3) is 4.75. The molecule has 1 saturated heterocycles. The molecule has 1 aliphatic heterocycles. The largest absolute Gasteiger partial charge is 0.355 e. The minimum absolute atomic E-state index is 0. The number of unbranched alkanes of at least 4 members (excludes halogenated alkanes) is 2. The summed E-state index contributed by atoms with van der Waals surface area (Å²) >= 11 is 0. The number of carbonyl (C=O) groups excluding carboxylic acids is 2. The molecule has 1 atom stereocenters. The average molecular weight is 228 g/mol. The average Bonchev–Trinajstić information content (AvgIpc) is 2.43. The molecule has 1 unspecified atom stereocenters. The summed E-state index contributed by atoms with van der Waals surface area (Å²) in [4.78, 5) is 23.3. The zero-order valence-electron chi connectivity index (χ0n) is 10.3. The first-order valence-electron chi connectivity index (χ1n) is 6.06. The van der Waals surface area contributed by atoms with Gasteiger partial charge in [0.1, 0.15) is 5.78 Å². The van der Waals surface area contributed by atoms with Crippen LogP contribution < -0.4 is 11.5 Å². The lowest BCUT2D eigenvalue weighted by molar-refractivity contribution is -0.133. The lowest BCUT2D eigenvalue weighted by atomic mass is 9.94. The summed E-state index contributed by atoms with van der Waals surface area (Å²) in [7, 11) is 0. The van der Waals surface area contributed by atoms with Crippen molar-refractivity contribution in [1.82, 2.24) is 11.5 Å². The third-order valence-corrected chi connectivity index (χ3v) is 2.95. The number of amides is 1. The van der Waals surface area contributed by atoms with E-state index in [-0.39, 0.29) is 23.8 Å². The lowest BCUT2D eigenvalue weighted by Gasteiger charge is -2.11. The fraction of sp³-hybridized carbons (Fsp3) is 0.833. The van der Waals surface area contributed by atoms with Gasteiger partial charge in [-0.15, -0.1) is 0 Å². The van der Waals surface area contributed by atoms with Gasteiger partial charge >= 0.3 is 0 Å². The molecular formula is C12H24N2O2. The smallest absolute Gasteiger partial charge is 0.230 e. The Morgan fingerprint density at radius 1 is 1.38 bits per heavy atom. The Bertz CT molecular complexity index is 229. The molecule has 0 saturated carbocycles. The van der Waals surface area contributed by atoms with Crippen LogP contribution >= 0.6 is 0 Å². The monoisotopic (exact) mass is 228 g/mol. The van der Waals surface area contributed by atoms with E-state index in [0.29, 0.717) is 6.42 Å². The zero-order valence-corrected chi connectivity index (χ0v) is 10.3. The zero-order chi connectivity index (χ0) is 11.1. The molecule has 0 radical (unpaired) electrons. The summed E-state index contributed by atoms with van der Waals surface area (Å²) in [6, 6.07) is 0. The van der Waals surface area contributed by atoms with Crippen molar-refractivity contribution < 1.29 is 9.59 Å². The maximum absolute atomic E-state index is 11.8. The summed E-state index contributed by atoms with van der Waals surface area (Å²) in [6.45, 7) is 2.85. The Morgan fingerprint density at radius 2 is 2.12 bits per heavy atom. The highest BCUT2D eigenvalue weighted by atomic mass is 16.2. The number of carbonyl (C=O) groups is 2. The van der Waals surface area contributed by atoms with Crippen LogP contribution in [0.3, 0.4) is 0 Å². The molecule has 0 aromatic carbocycles. The van der Waals surface area contributed by atoms with Gasteiger partial charge in [-0.1, -0.05) is 26.2 Å². The van der Waals surface area contributed by atoms with Crippen molar-refractivity contribution in [3.8, 4) is 0 Å². The third-order valence-electron chi connectivity index (χ3n) is 2.95. The Kier molecular flexibility index (Phi) is 7.81. The molecule has 1 heterocycles. The van der Waals surface area contributed by atoms with Crippen LogP contribution in [-0.4, -0.2) is 18.2 Å². The van der Waals surface area contributed by atoms with Crippen molar-refractivity contribution in [3.05, 3.63) is 0 Å². The summed E-state index contributed by atoms with van der Waals surface area (Å²) in [6.07, 6.45) is 6.44. The molecule has 16 heavy (non-hydrogen) atoms. The fourth-order valence-corrected chi connectivity index (χ4v) is 1.97. The van der Waals surface area contributed by atoms with Crippen LogP contribution in [0.1, 0.15) is 51.9 Å². The number of rotatable bonds is 5. The predicted molar refractivity (Wildman–Crippen MR) is 64.5 cm³/mol. The van der Waals surface area contributed by atoms with E-state index in [9.17, 15) is 9.59 Å². The van der Waals surface area contributed by atoms with Crippen molar-refractivity contribution in [1.29, 1.82) is 0 Å². The number of hydrogen-bond donors (Lipinski definition) is 2. The molecule has 4 N–H and O–H groups in total. The second-order valence-electron chi connectivity index (χ2n) is 4.26. The topological polar surface area (TPSA) is 81.2 Å². The summed E-state index contributed by atoms with van der Waals surface area (Å²) < 4.78 is 0. The molecule has 0 aliphatic carbocycles. The van der Waals surface area contributed by atoms with Gasteiger partial charge in [-0.05, 0) is 19.3 Å². The van der Waals surface area contributed by atoms with Crippen molar-refractivity contribution in [3.63, 3.8) is 0 Å². The molecule has 1 aliphatic rings. The van der Waals surface area contributed by atoms with Crippen LogP contribution in [0, 0.1) is 5.92 Å². The highest BCUT2D eigenvalue weighted by Crippen LogP contribution is 2.16. The van der Waals surface area contributed by atoms with Gasteiger partial charge in [0.05, 0.1) is 5.92 Å². The van der Waals surface area contributed by atoms with Gasteiger partial charge in [0.2, 0.25) is 5.91 Å². The summed E-state index contributed by atoms with van der Waals surface area (Å²) in [5, 5.41) is 2.81. The lowest BCUT2D eigenvalue weighted by Crippen LogP contribution is -2.33. The van der Waals surface area contributed by atoms with Crippen molar-refractivity contribution in [2.75, 3.05) is 6.54 Å². The van der Waals surface area contributed by atoms with Gasteiger partial charge < -0.3 is 11.5 Å². The Balaban J connectivity index is 0.00000225. The molecule has 1 amide bonds. The van der Waals surface area contributed by atoms with Crippen LogP contribution in [0.15, 0.2) is 0 Å². The molecule has 4 heteroatoms. The van der Waals surface area contributed by atoms with E-state index in [2.05, 4.69) is 12.2 Å². The first-order valence-corrected chi connectivity index (χ1v) is 6.06. The Hall–Kier alpha value is -0.900. The van der Waals surface area contributed by atoms with Crippen molar-refractivity contribution >= 4 is 11.7 Å². The number of hydrogen-bond acceptors (Lipinski definition) is 3. The normalized spacial score (nSPS) is 20.6. The van der Waals surface area contributed by atoms with Gasteiger partial charge in [0, 0.05) is 13.0 Å². The van der Waals surface area contributed by atoms with Gasteiger partial charge in [-0.3, -0.25) is 9.59 Å². The Labute approximate surface area is 97.8 Å². The maximum atomic E-state index is 11.8. The molecule has 0 aromatic heterocycles. The standard InChI is InChI=1S/C12H21NO2.H3N/c1-2-3-4-8-11(14)10-7-5-6-9-13-12(10)15;/h10H,2-9H2,1H3,(H,13,15);1H3. The van der Waals surface area contributed by atoms with Gasteiger partial charge in [0.15, 0.2) is 0 Å². The van der Waals surface area contributed by atoms with E-state index in [1.807, 2.05) is 0 Å². The second-order valence-corrected chi connectivity index (χ2v) is 4.26. The van der Waals surface area contributed by atoms with Crippen LogP contribution in [0.5, 0.6) is 0 Å². The molecule has 0 spiro atoms. The summed E-state index contributed by atoms with van der Waals surface area (Å²) in [5.74, 6) is -0.263. The highest BCUT2D eigenvalue weighted by molar-refractivity contribution is 6.01. The molecule has 0 aromatic rings. The van der Waals surface area contributed by atoms with E-state index in [1.54, 1.807) is 0 Å². The van der Waals surface area contributed by atoms with E-state index in [1.165, 1.54) is 0 Å².